The summed E-state index contributed by atoms with van der Waals surface area (Å²) in [6.07, 6.45) is 9.98. The van der Waals surface area contributed by atoms with Crippen LogP contribution < -0.4 is 10.2 Å². The first-order chi connectivity index (χ1) is 12.8. The molecule has 1 aromatic carbocycles. The molecule has 0 spiro atoms. The molecule has 1 aliphatic rings. The lowest BCUT2D eigenvalue weighted by molar-refractivity contribution is -0.120. The van der Waals surface area contributed by atoms with Gasteiger partial charge in [0, 0.05) is 37.1 Å². The predicted octanol–water partition coefficient (Wildman–Crippen LogP) is 1.91. The van der Waals surface area contributed by atoms with Gasteiger partial charge in [-0.25, -0.2) is 4.98 Å². The summed E-state index contributed by atoms with van der Waals surface area (Å²) in [4.78, 5) is 24.7. The van der Waals surface area contributed by atoms with Crippen LogP contribution in [0.2, 0.25) is 0 Å². The minimum atomic E-state index is 0.00961. The Morgan fingerprint density at radius 1 is 1.00 bits per heavy atom. The lowest BCUT2D eigenvalue weighted by atomic mass is 9.96. The van der Waals surface area contributed by atoms with Gasteiger partial charge in [-0.1, -0.05) is 0 Å². The van der Waals surface area contributed by atoms with E-state index in [1.165, 1.54) is 4.80 Å². The minimum absolute atomic E-state index is 0.00961. The Kier molecular flexibility index (Phi) is 4.55. The van der Waals surface area contributed by atoms with Crippen molar-refractivity contribution in [3.63, 3.8) is 0 Å². The molecule has 1 N–H and O–H groups in total. The minimum Gasteiger partial charge on any atom is -0.355 e. The molecule has 1 amide bonds. The fourth-order valence-corrected chi connectivity index (χ4v) is 3.10. The number of rotatable bonds is 4. The molecule has 8 nitrogen and oxygen atoms in total. The fraction of sp³-hybridized carbons (Fsp3) is 0.278. The van der Waals surface area contributed by atoms with Crippen molar-refractivity contribution in [2.75, 3.05) is 23.3 Å². The van der Waals surface area contributed by atoms with Crippen LogP contribution in [-0.2, 0) is 4.79 Å². The number of amides is 1. The first kappa shape index (κ1) is 16.2. The fourth-order valence-electron chi connectivity index (χ4n) is 3.10. The molecule has 4 rings (SSSR count). The number of benzene rings is 1. The molecule has 0 aliphatic carbocycles. The molecule has 0 bridgehead atoms. The zero-order valence-electron chi connectivity index (χ0n) is 14.2. The van der Waals surface area contributed by atoms with E-state index in [0.717, 1.165) is 43.1 Å². The van der Waals surface area contributed by atoms with Gasteiger partial charge in [-0.3, -0.25) is 9.78 Å². The van der Waals surface area contributed by atoms with Gasteiger partial charge < -0.3 is 10.2 Å². The Bertz CT molecular complexity index is 841. The van der Waals surface area contributed by atoms with Crippen LogP contribution in [0.15, 0.2) is 55.2 Å². The van der Waals surface area contributed by atoms with Gasteiger partial charge in [0.15, 0.2) is 0 Å². The van der Waals surface area contributed by atoms with Crippen molar-refractivity contribution in [3.05, 3.63) is 55.2 Å². The van der Waals surface area contributed by atoms with Crippen molar-refractivity contribution in [1.29, 1.82) is 0 Å². The summed E-state index contributed by atoms with van der Waals surface area (Å²) in [5, 5.41) is 11.2. The summed E-state index contributed by atoms with van der Waals surface area (Å²) < 4.78 is 0. The summed E-state index contributed by atoms with van der Waals surface area (Å²) >= 11 is 0. The Balaban J connectivity index is 1.33. The van der Waals surface area contributed by atoms with Crippen molar-refractivity contribution in [1.82, 2.24) is 25.0 Å². The zero-order chi connectivity index (χ0) is 17.8. The predicted molar refractivity (Wildman–Crippen MR) is 97.0 cm³/mol. The third-order valence-electron chi connectivity index (χ3n) is 4.52. The summed E-state index contributed by atoms with van der Waals surface area (Å²) in [6, 6.07) is 7.50. The molecular weight excluding hydrogens is 330 g/mol. The largest absolute Gasteiger partial charge is 0.355 e. The van der Waals surface area contributed by atoms with E-state index >= 15 is 0 Å². The number of hydrogen-bond donors (Lipinski definition) is 1. The van der Waals surface area contributed by atoms with Gasteiger partial charge in [0.05, 0.1) is 24.3 Å². The highest BCUT2D eigenvalue weighted by molar-refractivity contribution is 5.92. The summed E-state index contributed by atoms with van der Waals surface area (Å²) in [5.41, 5.74) is 1.63. The zero-order valence-corrected chi connectivity index (χ0v) is 14.2. The molecule has 132 valence electrons. The Hall–Kier alpha value is -3.29. The Labute approximate surface area is 150 Å². The second kappa shape index (κ2) is 7.30. The van der Waals surface area contributed by atoms with Crippen LogP contribution in [0.1, 0.15) is 12.8 Å². The molecule has 3 heterocycles. The number of carbonyl (C=O) groups is 1. The molecule has 1 saturated heterocycles. The number of anilines is 2. The van der Waals surface area contributed by atoms with E-state index in [2.05, 4.69) is 30.4 Å². The quantitative estimate of drug-likeness (QED) is 0.774. The molecule has 3 aromatic rings. The lowest BCUT2D eigenvalue weighted by Gasteiger charge is -2.31. The van der Waals surface area contributed by atoms with Crippen LogP contribution >= 0.6 is 0 Å². The highest BCUT2D eigenvalue weighted by atomic mass is 16.1. The number of nitrogens with one attached hydrogen (secondary N) is 1. The second-order valence-electron chi connectivity index (χ2n) is 6.18. The molecular formula is C18H19N7O. The smallest absolute Gasteiger partial charge is 0.227 e. The third-order valence-corrected chi connectivity index (χ3v) is 4.52. The van der Waals surface area contributed by atoms with Gasteiger partial charge in [0.25, 0.3) is 0 Å². The van der Waals surface area contributed by atoms with Crippen molar-refractivity contribution in [3.8, 4) is 5.69 Å². The second-order valence-corrected chi connectivity index (χ2v) is 6.18. The molecule has 26 heavy (non-hydrogen) atoms. The van der Waals surface area contributed by atoms with Gasteiger partial charge in [0.1, 0.15) is 5.82 Å². The van der Waals surface area contributed by atoms with E-state index in [0.29, 0.717) is 0 Å². The molecule has 0 unspecified atom stereocenters. The maximum atomic E-state index is 12.5. The van der Waals surface area contributed by atoms with Crippen LogP contribution in [0.5, 0.6) is 0 Å². The van der Waals surface area contributed by atoms with Crippen LogP contribution in [0.3, 0.4) is 0 Å². The van der Waals surface area contributed by atoms with E-state index in [4.69, 9.17) is 0 Å². The van der Waals surface area contributed by atoms with Crippen molar-refractivity contribution >= 4 is 17.4 Å². The summed E-state index contributed by atoms with van der Waals surface area (Å²) in [6.45, 7) is 1.61. The Morgan fingerprint density at radius 3 is 2.38 bits per heavy atom. The highest BCUT2D eigenvalue weighted by Gasteiger charge is 2.25. The first-order valence-corrected chi connectivity index (χ1v) is 8.58. The third kappa shape index (κ3) is 3.53. The number of nitrogens with zero attached hydrogens (tertiary/aromatic N) is 6. The average molecular weight is 349 g/mol. The van der Waals surface area contributed by atoms with E-state index in [1.807, 2.05) is 24.3 Å². The van der Waals surface area contributed by atoms with Gasteiger partial charge in [0.2, 0.25) is 5.91 Å². The maximum Gasteiger partial charge on any atom is 0.227 e. The molecule has 1 aliphatic heterocycles. The molecule has 8 heteroatoms. The monoisotopic (exact) mass is 349 g/mol. The van der Waals surface area contributed by atoms with Crippen LogP contribution in [0, 0.1) is 5.92 Å². The van der Waals surface area contributed by atoms with Crippen LogP contribution in [0.25, 0.3) is 5.69 Å². The summed E-state index contributed by atoms with van der Waals surface area (Å²) in [5.74, 6) is 0.943. The number of carbonyl (C=O) groups excluding carboxylic acids is 1. The van der Waals surface area contributed by atoms with Crippen LogP contribution in [-0.4, -0.2) is 44.0 Å². The number of piperidine rings is 1. The lowest BCUT2D eigenvalue weighted by Crippen LogP contribution is -2.38. The van der Waals surface area contributed by atoms with Crippen molar-refractivity contribution in [2.24, 2.45) is 5.92 Å². The molecule has 2 aromatic heterocycles. The highest BCUT2D eigenvalue weighted by Crippen LogP contribution is 2.22. The molecule has 0 atom stereocenters. The van der Waals surface area contributed by atoms with E-state index in [1.54, 1.807) is 31.0 Å². The maximum absolute atomic E-state index is 12.5. The number of aromatic nitrogens is 5. The first-order valence-electron chi connectivity index (χ1n) is 8.58. The van der Waals surface area contributed by atoms with Gasteiger partial charge in [-0.15, -0.1) is 0 Å². The molecule has 0 saturated carbocycles. The summed E-state index contributed by atoms with van der Waals surface area (Å²) in [7, 11) is 0. The molecule has 1 fully saturated rings. The number of hydrogen-bond acceptors (Lipinski definition) is 6. The topological polar surface area (TPSA) is 88.8 Å². The van der Waals surface area contributed by atoms with Crippen molar-refractivity contribution < 1.29 is 4.79 Å². The van der Waals surface area contributed by atoms with Crippen LogP contribution in [0.4, 0.5) is 11.5 Å². The standard InChI is InChI=1S/C18H19N7O/c26-18(14-5-11-24(12-6-14)17-13-19-7-8-20-17)23-15-1-3-16(4-2-15)25-21-9-10-22-25/h1-4,7-10,13-14H,5-6,11-12H2,(H,23,26). The normalized spacial score (nSPS) is 15.0. The SMILES string of the molecule is O=C(Nc1ccc(-n2nccn2)cc1)C1CCN(c2cnccn2)CC1. The molecule has 0 radical (unpaired) electrons. The van der Waals surface area contributed by atoms with Gasteiger partial charge >= 0.3 is 0 Å². The Morgan fingerprint density at radius 2 is 1.73 bits per heavy atom. The van der Waals surface area contributed by atoms with E-state index in [9.17, 15) is 4.79 Å². The average Bonchev–Trinajstić information content (AvgIpc) is 3.24. The van der Waals surface area contributed by atoms with E-state index in [-0.39, 0.29) is 11.8 Å². The van der Waals surface area contributed by atoms with Gasteiger partial charge in [-0.2, -0.15) is 15.0 Å². The van der Waals surface area contributed by atoms with E-state index < -0.39 is 0 Å². The van der Waals surface area contributed by atoms with Crippen molar-refractivity contribution in [2.45, 2.75) is 12.8 Å². The van der Waals surface area contributed by atoms with Gasteiger partial charge in [-0.05, 0) is 37.1 Å².